The van der Waals surface area contributed by atoms with Crippen LogP contribution in [0.1, 0.15) is 56.0 Å². The molecule has 150 valence electrons. The van der Waals surface area contributed by atoms with Gasteiger partial charge in [-0.2, -0.15) is 0 Å². The van der Waals surface area contributed by atoms with Crippen LogP contribution in [0.3, 0.4) is 0 Å². The minimum absolute atomic E-state index is 0. The van der Waals surface area contributed by atoms with Crippen molar-refractivity contribution in [3.05, 3.63) is 17.0 Å². The van der Waals surface area contributed by atoms with Crippen LogP contribution in [-0.4, -0.2) is 55.3 Å². The van der Waals surface area contributed by atoms with E-state index in [2.05, 4.69) is 27.6 Å². The summed E-state index contributed by atoms with van der Waals surface area (Å²) in [5, 5.41) is 10.8. The van der Waals surface area contributed by atoms with Crippen molar-refractivity contribution in [2.45, 2.75) is 59.3 Å². The highest BCUT2D eigenvalue weighted by atomic mass is 127. The zero-order chi connectivity index (χ0) is 17.9. The Morgan fingerprint density at radius 2 is 1.88 bits per heavy atom. The van der Waals surface area contributed by atoms with Gasteiger partial charge in [0.2, 0.25) is 0 Å². The molecule has 7 heteroatoms. The number of aryl methyl sites for hydroxylation is 2. The van der Waals surface area contributed by atoms with Gasteiger partial charge in [0.05, 0.1) is 5.69 Å². The molecule has 1 aliphatic rings. The maximum absolute atomic E-state index is 5.22. The lowest BCUT2D eigenvalue weighted by atomic mass is 10.1. The Kier molecular flexibility index (Phi) is 11.9. The first-order chi connectivity index (χ1) is 12.2. The van der Waals surface area contributed by atoms with E-state index in [1.54, 1.807) is 0 Å². The quantitative estimate of drug-likeness (QED) is 0.261. The Morgan fingerprint density at radius 3 is 2.50 bits per heavy atom. The number of nitrogens with one attached hydrogen (secondary N) is 2. The molecule has 0 atom stereocenters. The van der Waals surface area contributed by atoms with Gasteiger partial charge in [0.15, 0.2) is 5.96 Å². The van der Waals surface area contributed by atoms with Gasteiger partial charge >= 0.3 is 0 Å². The summed E-state index contributed by atoms with van der Waals surface area (Å²) in [6.45, 7) is 12.3. The summed E-state index contributed by atoms with van der Waals surface area (Å²) in [6.07, 6.45) is 7.53. The summed E-state index contributed by atoms with van der Waals surface area (Å²) in [7, 11) is 0. The number of likely N-dealkylation sites (tertiary alicyclic amines) is 1. The van der Waals surface area contributed by atoms with Gasteiger partial charge in [-0.05, 0) is 66.1 Å². The first kappa shape index (κ1) is 23.2. The average Bonchev–Trinajstić information content (AvgIpc) is 2.81. The molecule has 1 aromatic rings. The van der Waals surface area contributed by atoms with Gasteiger partial charge in [-0.15, -0.1) is 24.0 Å². The zero-order valence-corrected chi connectivity index (χ0v) is 19.0. The molecule has 0 spiro atoms. The van der Waals surface area contributed by atoms with Gasteiger partial charge in [0.1, 0.15) is 5.76 Å². The largest absolute Gasteiger partial charge is 0.361 e. The Bertz CT molecular complexity index is 504. The van der Waals surface area contributed by atoms with E-state index >= 15 is 0 Å². The first-order valence-electron chi connectivity index (χ1n) is 9.87. The Hall–Kier alpha value is -0.830. The van der Waals surface area contributed by atoms with Crippen LogP contribution in [0.15, 0.2) is 9.52 Å². The van der Waals surface area contributed by atoms with E-state index in [1.807, 2.05) is 13.8 Å². The predicted octanol–water partition coefficient (Wildman–Crippen LogP) is 3.27. The normalized spacial score (nSPS) is 16.0. The SMILES string of the molecule is CCNC(=NCCCN1CCCCCC1)NCCc1c(C)noc1C.I. The lowest BCUT2D eigenvalue weighted by Crippen LogP contribution is -2.38. The third kappa shape index (κ3) is 8.24. The van der Waals surface area contributed by atoms with Gasteiger partial charge in [-0.1, -0.05) is 18.0 Å². The van der Waals surface area contributed by atoms with Crippen LogP contribution in [0.2, 0.25) is 0 Å². The molecular weight excluding hydrogens is 441 g/mol. The smallest absolute Gasteiger partial charge is 0.191 e. The lowest BCUT2D eigenvalue weighted by Gasteiger charge is -2.19. The topological polar surface area (TPSA) is 65.7 Å². The van der Waals surface area contributed by atoms with Crippen molar-refractivity contribution in [1.29, 1.82) is 0 Å². The maximum atomic E-state index is 5.22. The molecule has 6 nitrogen and oxygen atoms in total. The number of guanidine groups is 1. The summed E-state index contributed by atoms with van der Waals surface area (Å²) in [4.78, 5) is 7.31. The molecule has 1 fully saturated rings. The standard InChI is InChI=1S/C19H35N5O.HI/c1-4-20-19(22-12-10-18-16(2)23-25-17(18)3)21-11-9-15-24-13-7-5-6-8-14-24;/h4-15H2,1-3H3,(H2,20,21,22);1H. The van der Waals surface area contributed by atoms with Crippen LogP contribution >= 0.6 is 24.0 Å². The molecule has 1 aliphatic heterocycles. The average molecular weight is 477 g/mol. The molecule has 2 rings (SSSR count). The number of rotatable bonds is 8. The second-order valence-corrected chi connectivity index (χ2v) is 6.85. The van der Waals surface area contributed by atoms with Crippen molar-refractivity contribution in [3.8, 4) is 0 Å². The van der Waals surface area contributed by atoms with Gasteiger partial charge in [0, 0.05) is 25.2 Å². The third-order valence-electron chi connectivity index (χ3n) is 4.79. The molecule has 26 heavy (non-hydrogen) atoms. The van der Waals surface area contributed by atoms with Crippen LogP contribution in [0.4, 0.5) is 0 Å². The first-order valence-corrected chi connectivity index (χ1v) is 9.87. The minimum Gasteiger partial charge on any atom is -0.361 e. The number of hydrogen-bond acceptors (Lipinski definition) is 4. The summed E-state index contributed by atoms with van der Waals surface area (Å²) in [5.74, 6) is 1.82. The Morgan fingerprint density at radius 1 is 1.15 bits per heavy atom. The summed E-state index contributed by atoms with van der Waals surface area (Å²) in [6, 6.07) is 0. The van der Waals surface area contributed by atoms with Crippen LogP contribution in [0.25, 0.3) is 0 Å². The summed E-state index contributed by atoms with van der Waals surface area (Å²) in [5.41, 5.74) is 2.18. The molecule has 0 aliphatic carbocycles. The molecule has 2 heterocycles. The van der Waals surface area contributed by atoms with Crippen LogP contribution < -0.4 is 10.6 Å². The number of aromatic nitrogens is 1. The molecule has 0 bridgehead atoms. The molecule has 1 aromatic heterocycles. The van der Waals surface area contributed by atoms with E-state index in [0.29, 0.717) is 0 Å². The van der Waals surface area contributed by atoms with Gasteiger partial charge in [-0.3, -0.25) is 4.99 Å². The summed E-state index contributed by atoms with van der Waals surface area (Å²) >= 11 is 0. The Labute approximate surface area is 175 Å². The van der Waals surface area contributed by atoms with Crippen LogP contribution in [0.5, 0.6) is 0 Å². The minimum atomic E-state index is 0. The van der Waals surface area contributed by atoms with Crippen molar-refractivity contribution >= 4 is 29.9 Å². The fraction of sp³-hybridized carbons (Fsp3) is 0.789. The number of nitrogens with zero attached hydrogens (tertiary/aromatic N) is 3. The van der Waals surface area contributed by atoms with Crippen LogP contribution in [0, 0.1) is 13.8 Å². The molecular formula is C19H36IN5O. The van der Waals surface area contributed by atoms with Crippen LogP contribution in [-0.2, 0) is 6.42 Å². The molecule has 1 saturated heterocycles. The fourth-order valence-electron chi connectivity index (χ4n) is 3.35. The second kappa shape index (κ2) is 13.4. The summed E-state index contributed by atoms with van der Waals surface area (Å²) < 4.78 is 5.22. The van der Waals surface area contributed by atoms with Gasteiger partial charge in [-0.25, -0.2) is 0 Å². The number of halogens is 1. The fourth-order valence-corrected chi connectivity index (χ4v) is 3.35. The van der Waals surface area contributed by atoms with E-state index in [1.165, 1.54) is 50.9 Å². The van der Waals surface area contributed by atoms with Gasteiger partial charge in [0.25, 0.3) is 0 Å². The predicted molar refractivity (Wildman–Crippen MR) is 119 cm³/mol. The monoisotopic (exact) mass is 477 g/mol. The maximum Gasteiger partial charge on any atom is 0.191 e. The van der Waals surface area contributed by atoms with Crippen molar-refractivity contribution in [2.75, 3.05) is 39.3 Å². The second-order valence-electron chi connectivity index (χ2n) is 6.85. The van der Waals surface area contributed by atoms with Gasteiger partial charge < -0.3 is 20.1 Å². The van der Waals surface area contributed by atoms with Crippen molar-refractivity contribution < 1.29 is 4.52 Å². The molecule has 0 aromatic carbocycles. The molecule has 0 unspecified atom stereocenters. The highest BCUT2D eigenvalue weighted by Crippen LogP contribution is 2.12. The molecule has 2 N–H and O–H groups in total. The van der Waals surface area contributed by atoms with Crippen molar-refractivity contribution in [1.82, 2.24) is 20.7 Å². The van der Waals surface area contributed by atoms with E-state index in [4.69, 9.17) is 9.52 Å². The van der Waals surface area contributed by atoms with E-state index < -0.39 is 0 Å². The van der Waals surface area contributed by atoms with E-state index in [-0.39, 0.29) is 24.0 Å². The highest BCUT2D eigenvalue weighted by Gasteiger charge is 2.09. The van der Waals surface area contributed by atoms with Crippen molar-refractivity contribution in [3.63, 3.8) is 0 Å². The van der Waals surface area contributed by atoms with Crippen molar-refractivity contribution in [2.24, 2.45) is 4.99 Å². The third-order valence-corrected chi connectivity index (χ3v) is 4.79. The highest BCUT2D eigenvalue weighted by molar-refractivity contribution is 14.0. The molecule has 0 amide bonds. The number of hydrogen-bond donors (Lipinski definition) is 2. The number of aliphatic imine (C=N–C) groups is 1. The lowest BCUT2D eigenvalue weighted by molar-refractivity contribution is 0.283. The zero-order valence-electron chi connectivity index (χ0n) is 16.6. The Balaban J connectivity index is 0.00000338. The van der Waals surface area contributed by atoms with E-state index in [0.717, 1.165) is 49.9 Å². The van der Waals surface area contributed by atoms with E-state index in [9.17, 15) is 0 Å². The molecule has 0 radical (unpaired) electrons. The molecule has 0 saturated carbocycles.